The molecule has 6 nitrogen and oxygen atoms in total. The van der Waals surface area contributed by atoms with E-state index < -0.39 is 0 Å². The van der Waals surface area contributed by atoms with Crippen LogP contribution in [0.5, 0.6) is 0 Å². The molecule has 0 spiro atoms. The molecule has 2 saturated heterocycles. The third kappa shape index (κ3) is 2.95. The molecule has 3 heterocycles. The summed E-state index contributed by atoms with van der Waals surface area (Å²) >= 11 is 0. The molecule has 1 aromatic rings. The number of likely N-dealkylation sites (tertiary alicyclic amines) is 1. The molecule has 1 atom stereocenters. The summed E-state index contributed by atoms with van der Waals surface area (Å²) in [7, 11) is 0. The summed E-state index contributed by atoms with van der Waals surface area (Å²) in [5, 5.41) is 4.69. The molecule has 0 N–H and O–H groups in total. The second kappa shape index (κ2) is 6.13. The second-order valence-corrected chi connectivity index (χ2v) is 5.98. The van der Waals surface area contributed by atoms with Crippen LogP contribution in [-0.4, -0.2) is 51.9 Å². The average Bonchev–Trinajstić information content (AvgIpc) is 3.16. The van der Waals surface area contributed by atoms with Gasteiger partial charge < -0.3 is 9.64 Å². The summed E-state index contributed by atoms with van der Waals surface area (Å²) in [6.45, 7) is 7.83. The normalized spacial score (nSPS) is 23.7. The fourth-order valence-electron chi connectivity index (χ4n) is 3.27. The maximum atomic E-state index is 11.4. The fraction of sp³-hybridized carbons (Fsp3) is 0.800. The lowest BCUT2D eigenvalue weighted by Gasteiger charge is -2.30. The highest BCUT2D eigenvalue weighted by molar-refractivity contribution is 5.73. The van der Waals surface area contributed by atoms with E-state index in [-0.39, 0.29) is 5.91 Å². The van der Waals surface area contributed by atoms with Crippen LogP contribution >= 0.6 is 0 Å². The minimum Gasteiger partial charge on any atom is -0.381 e. The zero-order valence-electron chi connectivity index (χ0n) is 12.9. The molecular formula is C15H24N4O2. The zero-order chi connectivity index (χ0) is 14.8. The van der Waals surface area contributed by atoms with Gasteiger partial charge >= 0.3 is 0 Å². The first-order chi connectivity index (χ1) is 10.2. The van der Waals surface area contributed by atoms with Crippen LogP contribution in [0.1, 0.15) is 56.6 Å². The van der Waals surface area contributed by atoms with Crippen LogP contribution in [0.3, 0.4) is 0 Å². The van der Waals surface area contributed by atoms with Crippen LogP contribution in [-0.2, 0) is 16.1 Å². The SMILES string of the molecule is CCn1nc(C2CCOC2)nc1C1CCN(C(C)=O)CC1. The molecule has 1 amide bonds. The van der Waals surface area contributed by atoms with Gasteiger partial charge in [0.05, 0.1) is 6.61 Å². The van der Waals surface area contributed by atoms with E-state index in [0.717, 1.165) is 63.8 Å². The van der Waals surface area contributed by atoms with E-state index in [9.17, 15) is 4.79 Å². The molecule has 21 heavy (non-hydrogen) atoms. The molecule has 2 aliphatic heterocycles. The van der Waals surface area contributed by atoms with Gasteiger partial charge in [0.25, 0.3) is 0 Å². The van der Waals surface area contributed by atoms with E-state index in [1.54, 1.807) is 6.92 Å². The zero-order valence-corrected chi connectivity index (χ0v) is 12.9. The predicted octanol–water partition coefficient (Wildman–Crippen LogP) is 1.53. The Labute approximate surface area is 125 Å². The highest BCUT2D eigenvalue weighted by atomic mass is 16.5. The van der Waals surface area contributed by atoms with Crippen molar-refractivity contribution in [1.29, 1.82) is 0 Å². The van der Waals surface area contributed by atoms with Crippen LogP contribution in [0.15, 0.2) is 0 Å². The van der Waals surface area contributed by atoms with Gasteiger partial charge in [-0.1, -0.05) is 0 Å². The Morgan fingerprint density at radius 2 is 2.05 bits per heavy atom. The maximum absolute atomic E-state index is 11.4. The molecule has 0 bridgehead atoms. The molecule has 1 unspecified atom stereocenters. The molecule has 6 heteroatoms. The van der Waals surface area contributed by atoms with Crippen molar-refractivity contribution in [2.45, 2.75) is 51.5 Å². The molecule has 0 aliphatic carbocycles. The van der Waals surface area contributed by atoms with Gasteiger partial charge in [-0.15, -0.1) is 0 Å². The van der Waals surface area contributed by atoms with Crippen molar-refractivity contribution in [1.82, 2.24) is 19.7 Å². The van der Waals surface area contributed by atoms with Gasteiger partial charge in [0.15, 0.2) is 5.82 Å². The number of hydrogen-bond donors (Lipinski definition) is 0. The van der Waals surface area contributed by atoms with E-state index in [2.05, 4.69) is 12.0 Å². The van der Waals surface area contributed by atoms with Crippen molar-refractivity contribution in [3.63, 3.8) is 0 Å². The topological polar surface area (TPSA) is 60.2 Å². The van der Waals surface area contributed by atoms with Crippen molar-refractivity contribution >= 4 is 5.91 Å². The Kier molecular flexibility index (Phi) is 4.24. The summed E-state index contributed by atoms with van der Waals surface area (Å²) in [5.41, 5.74) is 0. The molecular weight excluding hydrogens is 268 g/mol. The number of rotatable bonds is 3. The minimum absolute atomic E-state index is 0.175. The summed E-state index contributed by atoms with van der Waals surface area (Å²) in [4.78, 5) is 18.2. The Hall–Kier alpha value is -1.43. The van der Waals surface area contributed by atoms with Crippen molar-refractivity contribution in [2.75, 3.05) is 26.3 Å². The van der Waals surface area contributed by atoms with Crippen molar-refractivity contribution in [2.24, 2.45) is 0 Å². The molecule has 3 rings (SSSR count). The van der Waals surface area contributed by atoms with Crippen LogP contribution < -0.4 is 0 Å². The summed E-state index contributed by atoms with van der Waals surface area (Å²) in [5.74, 6) is 2.99. The standard InChI is InChI=1S/C15H24N4O2/c1-3-19-15(12-4-7-18(8-5-12)11(2)20)16-14(17-19)13-6-9-21-10-13/h12-13H,3-10H2,1-2H3. The molecule has 0 aromatic carbocycles. The number of hydrogen-bond acceptors (Lipinski definition) is 4. The Morgan fingerprint density at radius 3 is 2.62 bits per heavy atom. The molecule has 0 saturated carbocycles. The van der Waals surface area contributed by atoms with E-state index in [4.69, 9.17) is 9.72 Å². The van der Waals surface area contributed by atoms with Crippen LogP contribution in [0.4, 0.5) is 0 Å². The number of aryl methyl sites for hydroxylation is 1. The summed E-state index contributed by atoms with van der Waals surface area (Å²) in [6, 6.07) is 0. The third-order valence-electron chi connectivity index (χ3n) is 4.62. The predicted molar refractivity (Wildman–Crippen MR) is 78.1 cm³/mol. The van der Waals surface area contributed by atoms with Crippen molar-refractivity contribution < 1.29 is 9.53 Å². The Balaban J connectivity index is 1.74. The van der Waals surface area contributed by atoms with Crippen LogP contribution in [0.2, 0.25) is 0 Å². The van der Waals surface area contributed by atoms with Gasteiger partial charge in [-0.05, 0) is 26.2 Å². The van der Waals surface area contributed by atoms with E-state index in [1.165, 1.54) is 0 Å². The molecule has 2 aliphatic rings. The lowest BCUT2D eigenvalue weighted by Crippen LogP contribution is -2.36. The number of ether oxygens (including phenoxy) is 1. The first kappa shape index (κ1) is 14.5. The van der Waals surface area contributed by atoms with Crippen molar-refractivity contribution in [3.8, 4) is 0 Å². The number of carbonyl (C=O) groups excluding carboxylic acids is 1. The number of nitrogens with zero attached hydrogens (tertiary/aromatic N) is 4. The van der Waals surface area contributed by atoms with Gasteiger partial charge in [-0.3, -0.25) is 4.79 Å². The number of aromatic nitrogens is 3. The van der Waals surface area contributed by atoms with Crippen molar-refractivity contribution in [3.05, 3.63) is 11.6 Å². The molecule has 2 fully saturated rings. The lowest BCUT2D eigenvalue weighted by atomic mass is 9.96. The minimum atomic E-state index is 0.175. The van der Waals surface area contributed by atoms with Gasteiger partial charge in [-0.25, -0.2) is 9.67 Å². The van der Waals surface area contributed by atoms with Gasteiger partial charge in [0.1, 0.15) is 5.82 Å². The van der Waals surface area contributed by atoms with Gasteiger partial charge in [0.2, 0.25) is 5.91 Å². The first-order valence-electron chi connectivity index (χ1n) is 7.97. The first-order valence-corrected chi connectivity index (χ1v) is 7.97. The maximum Gasteiger partial charge on any atom is 0.219 e. The number of amides is 1. The van der Waals surface area contributed by atoms with E-state index in [0.29, 0.717) is 11.8 Å². The smallest absolute Gasteiger partial charge is 0.219 e. The number of carbonyl (C=O) groups is 1. The summed E-state index contributed by atoms with van der Waals surface area (Å²) < 4.78 is 7.49. The quantitative estimate of drug-likeness (QED) is 0.847. The van der Waals surface area contributed by atoms with Gasteiger partial charge in [0, 0.05) is 45.0 Å². The highest BCUT2D eigenvalue weighted by Crippen LogP contribution is 2.29. The van der Waals surface area contributed by atoms with E-state index >= 15 is 0 Å². The van der Waals surface area contributed by atoms with Gasteiger partial charge in [-0.2, -0.15) is 5.10 Å². The highest BCUT2D eigenvalue weighted by Gasteiger charge is 2.29. The van der Waals surface area contributed by atoms with E-state index in [1.807, 2.05) is 9.58 Å². The van der Waals surface area contributed by atoms with Crippen LogP contribution in [0, 0.1) is 0 Å². The number of piperidine rings is 1. The summed E-state index contributed by atoms with van der Waals surface area (Å²) in [6.07, 6.45) is 2.99. The second-order valence-electron chi connectivity index (χ2n) is 5.98. The lowest BCUT2D eigenvalue weighted by molar-refractivity contribution is -0.129. The Bertz CT molecular complexity index is 500. The van der Waals surface area contributed by atoms with Crippen LogP contribution in [0.25, 0.3) is 0 Å². The third-order valence-corrected chi connectivity index (χ3v) is 4.62. The molecule has 116 valence electrons. The monoisotopic (exact) mass is 292 g/mol. The fourth-order valence-corrected chi connectivity index (χ4v) is 3.27. The average molecular weight is 292 g/mol. The largest absolute Gasteiger partial charge is 0.381 e. The molecule has 1 aromatic heterocycles. The molecule has 0 radical (unpaired) electrons. The Morgan fingerprint density at radius 1 is 1.29 bits per heavy atom.